The molecule has 5 nitrogen and oxygen atoms in total. The van der Waals surface area contributed by atoms with E-state index < -0.39 is 0 Å². The molecule has 140 valence electrons. The van der Waals surface area contributed by atoms with Crippen molar-refractivity contribution in [3.8, 4) is 0 Å². The van der Waals surface area contributed by atoms with Crippen molar-refractivity contribution in [3.63, 3.8) is 0 Å². The Kier molecular flexibility index (Phi) is 13.6. The van der Waals surface area contributed by atoms with E-state index in [4.69, 9.17) is 4.74 Å². The lowest BCUT2D eigenvalue weighted by Gasteiger charge is -2.11. The molecular weight excluding hydrogens is 435 g/mol. The predicted molar refractivity (Wildman–Crippen MR) is 115 cm³/mol. The van der Waals surface area contributed by atoms with Gasteiger partial charge in [0.2, 0.25) is 0 Å². The van der Waals surface area contributed by atoms with Gasteiger partial charge in [0.05, 0.1) is 23.9 Å². The smallest absolute Gasteiger partial charge is 0.191 e. The van der Waals surface area contributed by atoms with Gasteiger partial charge in [0.15, 0.2) is 5.96 Å². The molecule has 0 bridgehead atoms. The van der Waals surface area contributed by atoms with E-state index in [0.717, 1.165) is 44.2 Å². The summed E-state index contributed by atoms with van der Waals surface area (Å²) < 4.78 is 5.59. The van der Waals surface area contributed by atoms with Crippen LogP contribution in [0.2, 0.25) is 0 Å². The predicted octanol–water partition coefficient (Wildman–Crippen LogP) is 3.54. The van der Waals surface area contributed by atoms with Crippen LogP contribution in [0, 0.1) is 19.8 Å². The SMILES string of the molecule is CCNC(=NCCOCCC(C)C)NCCc1nc(C)c(C)s1.I. The van der Waals surface area contributed by atoms with Gasteiger partial charge in [-0.2, -0.15) is 0 Å². The molecule has 1 heterocycles. The van der Waals surface area contributed by atoms with Crippen LogP contribution in [0.15, 0.2) is 4.99 Å². The molecule has 0 aliphatic carbocycles. The molecule has 0 amide bonds. The van der Waals surface area contributed by atoms with E-state index >= 15 is 0 Å². The van der Waals surface area contributed by atoms with E-state index in [1.54, 1.807) is 11.3 Å². The number of thiazole rings is 1. The highest BCUT2D eigenvalue weighted by molar-refractivity contribution is 14.0. The second-order valence-electron chi connectivity index (χ2n) is 5.98. The number of aryl methyl sites for hydroxylation is 2. The van der Waals surface area contributed by atoms with Gasteiger partial charge in [-0.3, -0.25) is 4.99 Å². The maximum atomic E-state index is 5.59. The van der Waals surface area contributed by atoms with Crippen molar-refractivity contribution in [1.29, 1.82) is 0 Å². The molecule has 0 atom stereocenters. The highest BCUT2D eigenvalue weighted by Crippen LogP contribution is 2.16. The second kappa shape index (κ2) is 13.8. The van der Waals surface area contributed by atoms with Crippen molar-refractivity contribution in [2.24, 2.45) is 10.9 Å². The number of aromatic nitrogens is 1. The van der Waals surface area contributed by atoms with Crippen LogP contribution in [0.25, 0.3) is 0 Å². The first-order chi connectivity index (χ1) is 11.0. The lowest BCUT2D eigenvalue weighted by molar-refractivity contribution is 0.130. The molecule has 2 N–H and O–H groups in total. The minimum atomic E-state index is 0. The van der Waals surface area contributed by atoms with Crippen LogP contribution in [0.5, 0.6) is 0 Å². The van der Waals surface area contributed by atoms with Gasteiger partial charge < -0.3 is 15.4 Å². The van der Waals surface area contributed by atoms with Gasteiger partial charge >= 0.3 is 0 Å². The van der Waals surface area contributed by atoms with Crippen molar-refractivity contribution in [3.05, 3.63) is 15.6 Å². The lowest BCUT2D eigenvalue weighted by Crippen LogP contribution is -2.38. The summed E-state index contributed by atoms with van der Waals surface area (Å²) in [5.41, 5.74) is 1.14. The number of halogens is 1. The molecule has 24 heavy (non-hydrogen) atoms. The van der Waals surface area contributed by atoms with Crippen LogP contribution < -0.4 is 10.6 Å². The fourth-order valence-corrected chi connectivity index (χ4v) is 2.85. The molecule has 0 spiro atoms. The molecule has 0 saturated heterocycles. The van der Waals surface area contributed by atoms with Gasteiger partial charge in [-0.05, 0) is 33.1 Å². The Bertz CT molecular complexity index is 458. The van der Waals surface area contributed by atoms with Crippen molar-refractivity contribution < 1.29 is 4.74 Å². The van der Waals surface area contributed by atoms with Gasteiger partial charge in [0.1, 0.15) is 0 Å². The van der Waals surface area contributed by atoms with Crippen LogP contribution in [-0.4, -0.2) is 43.8 Å². The molecule has 0 unspecified atom stereocenters. The van der Waals surface area contributed by atoms with Crippen LogP contribution in [0.3, 0.4) is 0 Å². The number of aliphatic imine (C=N–C) groups is 1. The molecule has 0 saturated carbocycles. The molecule has 0 radical (unpaired) electrons. The molecule has 0 aromatic carbocycles. The summed E-state index contributed by atoms with van der Waals surface area (Å²) in [7, 11) is 0. The van der Waals surface area contributed by atoms with Gasteiger partial charge in [-0.1, -0.05) is 13.8 Å². The van der Waals surface area contributed by atoms with Crippen molar-refractivity contribution in [2.75, 3.05) is 32.8 Å². The zero-order chi connectivity index (χ0) is 17.1. The highest BCUT2D eigenvalue weighted by Gasteiger charge is 2.04. The summed E-state index contributed by atoms with van der Waals surface area (Å²) in [6.07, 6.45) is 2.03. The van der Waals surface area contributed by atoms with E-state index in [0.29, 0.717) is 19.1 Å². The maximum absolute atomic E-state index is 5.59. The fourth-order valence-electron chi connectivity index (χ4n) is 1.92. The maximum Gasteiger partial charge on any atom is 0.191 e. The lowest BCUT2D eigenvalue weighted by atomic mass is 10.1. The van der Waals surface area contributed by atoms with E-state index in [2.05, 4.69) is 55.2 Å². The topological polar surface area (TPSA) is 58.5 Å². The summed E-state index contributed by atoms with van der Waals surface area (Å²) in [5, 5.41) is 7.80. The summed E-state index contributed by atoms with van der Waals surface area (Å²) in [6.45, 7) is 14.5. The first kappa shape index (κ1) is 23.6. The molecule has 1 aromatic rings. The van der Waals surface area contributed by atoms with Crippen LogP contribution in [0.4, 0.5) is 0 Å². The van der Waals surface area contributed by atoms with Crippen LogP contribution in [0.1, 0.15) is 42.8 Å². The summed E-state index contributed by atoms with van der Waals surface area (Å²) >= 11 is 1.78. The van der Waals surface area contributed by atoms with Gasteiger partial charge in [-0.15, -0.1) is 35.3 Å². The molecular formula is C17H33IN4OS. The van der Waals surface area contributed by atoms with E-state index in [9.17, 15) is 0 Å². The Hall–Kier alpha value is -0.410. The third kappa shape index (κ3) is 10.5. The summed E-state index contributed by atoms with van der Waals surface area (Å²) in [4.78, 5) is 10.4. The Morgan fingerprint density at radius 3 is 2.58 bits per heavy atom. The number of nitrogens with zero attached hydrogens (tertiary/aromatic N) is 2. The van der Waals surface area contributed by atoms with Crippen LogP contribution >= 0.6 is 35.3 Å². The normalized spacial score (nSPS) is 11.5. The first-order valence-electron chi connectivity index (χ1n) is 8.55. The number of hydrogen-bond donors (Lipinski definition) is 2. The third-order valence-corrected chi connectivity index (χ3v) is 4.53. The average Bonchev–Trinajstić information content (AvgIpc) is 2.81. The second-order valence-corrected chi connectivity index (χ2v) is 7.27. The first-order valence-corrected chi connectivity index (χ1v) is 9.37. The molecule has 7 heteroatoms. The van der Waals surface area contributed by atoms with Crippen LogP contribution in [-0.2, 0) is 11.2 Å². The fraction of sp³-hybridized carbons (Fsp3) is 0.765. The molecule has 1 aromatic heterocycles. The zero-order valence-corrected chi connectivity index (χ0v) is 18.8. The van der Waals surface area contributed by atoms with Crippen molar-refractivity contribution >= 4 is 41.3 Å². The monoisotopic (exact) mass is 468 g/mol. The van der Waals surface area contributed by atoms with E-state index in [-0.39, 0.29) is 24.0 Å². The average molecular weight is 468 g/mol. The number of nitrogens with one attached hydrogen (secondary N) is 2. The Morgan fingerprint density at radius 2 is 2.00 bits per heavy atom. The molecule has 1 rings (SSSR count). The van der Waals surface area contributed by atoms with E-state index in [1.807, 2.05) is 0 Å². The summed E-state index contributed by atoms with van der Waals surface area (Å²) in [6, 6.07) is 0. The van der Waals surface area contributed by atoms with Gasteiger partial charge in [-0.25, -0.2) is 4.98 Å². The number of hydrogen-bond acceptors (Lipinski definition) is 4. The third-order valence-electron chi connectivity index (χ3n) is 3.39. The van der Waals surface area contributed by atoms with Gasteiger partial charge in [0, 0.05) is 31.0 Å². The van der Waals surface area contributed by atoms with E-state index in [1.165, 1.54) is 9.88 Å². The quantitative estimate of drug-likeness (QED) is 0.239. The van der Waals surface area contributed by atoms with Crippen molar-refractivity contribution in [1.82, 2.24) is 15.6 Å². The molecule has 0 fully saturated rings. The number of guanidine groups is 1. The minimum absolute atomic E-state index is 0. The zero-order valence-electron chi connectivity index (χ0n) is 15.6. The Morgan fingerprint density at radius 1 is 1.25 bits per heavy atom. The highest BCUT2D eigenvalue weighted by atomic mass is 127. The standard InChI is InChI=1S/C17H32N4OS.HI/c1-6-18-17(20-10-12-22-11-8-13(2)3)19-9-7-16-21-14(4)15(5)23-16;/h13H,6-12H2,1-5H3,(H2,18,19,20);1H. The molecule has 0 aliphatic heterocycles. The number of ether oxygens (including phenoxy) is 1. The molecule has 0 aliphatic rings. The largest absolute Gasteiger partial charge is 0.380 e. The minimum Gasteiger partial charge on any atom is -0.380 e. The van der Waals surface area contributed by atoms with Gasteiger partial charge in [0.25, 0.3) is 0 Å². The Labute approximate surface area is 168 Å². The summed E-state index contributed by atoms with van der Waals surface area (Å²) in [5.74, 6) is 1.54. The Balaban J connectivity index is 0.00000529. The number of rotatable bonds is 10. The van der Waals surface area contributed by atoms with Crippen molar-refractivity contribution in [2.45, 2.75) is 47.5 Å².